The van der Waals surface area contributed by atoms with Crippen LogP contribution in [-0.2, 0) is 0 Å². The van der Waals surface area contributed by atoms with Crippen molar-refractivity contribution >= 4 is 44.3 Å². The van der Waals surface area contributed by atoms with Gasteiger partial charge in [0.15, 0.2) is 0 Å². The molecular formula is C14H15BrN4O2. The first-order chi connectivity index (χ1) is 10.0. The van der Waals surface area contributed by atoms with Crippen molar-refractivity contribution in [3.05, 3.63) is 28.9 Å². The fourth-order valence-electron chi connectivity index (χ4n) is 2.60. The van der Waals surface area contributed by atoms with E-state index in [9.17, 15) is 4.79 Å². The number of aromatic nitrogens is 1. The maximum absolute atomic E-state index is 11.0. The second kappa shape index (κ2) is 5.40. The van der Waals surface area contributed by atoms with E-state index in [0.29, 0.717) is 18.8 Å². The molecule has 2 heterocycles. The zero-order chi connectivity index (χ0) is 15.0. The number of carboxylic acid groups (broad SMARTS) is 1. The Balaban J connectivity index is 1.92. The van der Waals surface area contributed by atoms with Crippen LogP contribution in [0.3, 0.4) is 0 Å². The van der Waals surface area contributed by atoms with Gasteiger partial charge in [-0.05, 0) is 24.6 Å². The molecule has 1 atom stereocenters. The molecule has 1 aliphatic heterocycles. The van der Waals surface area contributed by atoms with Gasteiger partial charge >= 0.3 is 6.09 Å². The highest BCUT2D eigenvalue weighted by atomic mass is 79.9. The molecule has 21 heavy (non-hydrogen) atoms. The summed E-state index contributed by atoms with van der Waals surface area (Å²) in [5.74, 6) is 0. The van der Waals surface area contributed by atoms with E-state index in [-0.39, 0.29) is 6.04 Å². The predicted molar refractivity (Wildman–Crippen MR) is 85.5 cm³/mol. The van der Waals surface area contributed by atoms with Gasteiger partial charge in [-0.3, -0.25) is 4.98 Å². The van der Waals surface area contributed by atoms with E-state index in [1.165, 1.54) is 4.90 Å². The van der Waals surface area contributed by atoms with Crippen LogP contribution in [0.2, 0.25) is 0 Å². The van der Waals surface area contributed by atoms with Gasteiger partial charge in [0.2, 0.25) is 0 Å². The Kier molecular flexibility index (Phi) is 3.59. The molecule has 0 radical (unpaired) electrons. The molecule has 1 aromatic carbocycles. The Bertz CT molecular complexity index is 701. The number of pyridine rings is 1. The monoisotopic (exact) mass is 350 g/mol. The summed E-state index contributed by atoms with van der Waals surface area (Å²) in [6.07, 6.45) is 1.51. The molecular weight excluding hydrogens is 336 g/mol. The Morgan fingerprint density at radius 2 is 2.33 bits per heavy atom. The summed E-state index contributed by atoms with van der Waals surface area (Å²) >= 11 is 3.45. The Labute approximate surface area is 130 Å². The molecule has 1 amide bonds. The lowest BCUT2D eigenvalue weighted by molar-refractivity contribution is 0.155. The molecule has 0 spiro atoms. The number of rotatable bonds is 2. The van der Waals surface area contributed by atoms with Crippen molar-refractivity contribution in [2.45, 2.75) is 12.5 Å². The number of nitrogens with two attached hydrogens (primary N) is 1. The lowest BCUT2D eigenvalue weighted by Gasteiger charge is -2.18. The maximum atomic E-state index is 11.0. The van der Waals surface area contributed by atoms with Gasteiger partial charge in [-0.2, -0.15) is 0 Å². The number of hydrogen-bond donors (Lipinski definition) is 3. The van der Waals surface area contributed by atoms with Gasteiger partial charge in [0.05, 0.1) is 23.1 Å². The summed E-state index contributed by atoms with van der Waals surface area (Å²) in [6.45, 7) is 1.01. The zero-order valence-corrected chi connectivity index (χ0v) is 12.8. The first-order valence-corrected chi connectivity index (χ1v) is 7.42. The molecule has 1 aromatic heterocycles. The number of anilines is 2. The van der Waals surface area contributed by atoms with Crippen molar-refractivity contribution in [1.29, 1.82) is 0 Å². The Hall–Kier alpha value is -2.02. The summed E-state index contributed by atoms with van der Waals surface area (Å²) in [6, 6.07) is 5.87. The number of nitrogens with zero attached hydrogens (tertiary/aromatic N) is 2. The van der Waals surface area contributed by atoms with Crippen LogP contribution in [-0.4, -0.2) is 40.2 Å². The van der Waals surface area contributed by atoms with E-state index in [0.717, 1.165) is 27.5 Å². The minimum atomic E-state index is -0.880. The minimum Gasteiger partial charge on any atom is -0.465 e. The van der Waals surface area contributed by atoms with Crippen molar-refractivity contribution in [3.8, 4) is 0 Å². The third-order valence-corrected chi connectivity index (χ3v) is 4.16. The van der Waals surface area contributed by atoms with Crippen molar-refractivity contribution in [2.75, 3.05) is 24.1 Å². The first-order valence-electron chi connectivity index (χ1n) is 6.63. The van der Waals surface area contributed by atoms with E-state index >= 15 is 0 Å². The molecule has 1 saturated heterocycles. The van der Waals surface area contributed by atoms with Gasteiger partial charge in [-0.15, -0.1) is 0 Å². The van der Waals surface area contributed by atoms with Gasteiger partial charge < -0.3 is 21.1 Å². The molecule has 0 bridgehead atoms. The molecule has 2 aromatic rings. The fraction of sp³-hybridized carbons (Fsp3) is 0.286. The summed E-state index contributed by atoms with van der Waals surface area (Å²) in [5.41, 5.74) is 8.27. The molecule has 7 heteroatoms. The first kappa shape index (κ1) is 13.9. The predicted octanol–water partition coefficient (Wildman–Crippen LogP) is 2.74. The number of halogens is 1. The van der Waals surface area contributed by atoms with Crippen LogP contribution in [0.5, 0.6) is 0 Å². The van der Waals surface area contributed by atoms with Crippen molar-refractivity contribution in [1.82, 2.24) is 9.88 Å². The van der Waals surface area contributed by atoms with E-state index in [2.05, 4.69) is 26.2 Å². The Morgan fingerprint density at radius 3 is 3.05 bits per heavy atom. The van der Waals surface area contributed by atoms with Gasteiger partial charge in [0.25, 0.3) is 0 Å². The van der Waals surface area contributed by atoms with Crippen LogP contribution >= 0.6 is 15.9 Å². The second-order valence-electron chi connectivity index (χ2n) is 5.11. The highest BCUT2D eigenvalue weighted by molar-refractivity contribution is 9.10. The van der Waals surface area contributed by atoms with Gasteiger partial charge in [-0.1, -0.05) is 15.9 Å². The van der Waals surface area contributed by atoms with Gasteiger partial charge in [-0.25, -0.2) is 4.79 Å². The van der Waals surface area contributed by atoms with Crippen LogP contribution in [0.1, 0.15) is 6.42 Å². The second-order valence-corrected chi connectivity index (χ2v) is 6.02. The lowest BCUT2D eigenvalue weighted by Crippen LogP contribution is -2.30. The molecule has 1 aliphatic rings. The normalized spacial score (nSPS) is 18.1. The molecule has 4 N–H and O–H groups in total. The van der Waals surface area contributed by atoms with Crippen LogP contribution in [0, 0.1) is 0 Å². The summed E-state index contributed by atoms with van der Waals surface area (Å²) in [7, 11) is 0. The molecule has 0 saturated carbocycles. The van der Waals surface area contributed by atoms with Crippen molar-refractivity contribution in [3.63, 3.8) is 0 Å². The molecule has 110 valence electrons. The van der Waals surface area contributed by atoms with Gasteiger partial charge in [0, 0.05) is 29.0 Å². The number of nitrogen functional groups attached to an aromatic ring is 1. The van der Waals surface area contributed by atoms with Crippen LogP contribution in [0.25, 0.3) is 10.9 Å². The van der Waals surface area contributed by atoms with Crippen molar-refractivity contribution < 1.29 is 9.90 Å². The molecule has 3 rings (SSSR count). The smallest absolute Gasteiger partial charge is 0.407 e. The number of likely N-dealkylation sites (tertiary alicyclic amines) is 1. The summed E-state index contributed by atoms with van der Waals surface area (Å²) < 4.78 is 0.948. The number of benzene rings is 1. The molecule has 0 aliphatic carbocycles. The number of carbonyl (C=O) groups is 1. The molecule has 1 fully saturated rings. The zero-order valence-electron chi connectivity index (χ0n) is 11.2. The minimum absolute atomic E-state index is 0.0629. The summed E-state index contributed by atoms with van der Waals surface area (Å²) in [5, 5.41) is 13.3. The van der Waals surface area contributed by atoms with Crippen LogP contribution in [0.15, 0.2) is 28.9 Å². The quantitative estimate of drug-likeness (QED) is 0.774. The number of fused-ring (bicyclic) bond motifs is 1. The van der Waals surface area contributed by atoms with Crippen LogP contribution < -0.4 is 11.1 Å². The fourth-order valence-corrected chi connectivity index (χ4v) is 2.96. The van der Waals surface area contributed by atoms with Crippen LogP contribution in [0.4, 0.5) is 16.2 Å². The largest absolute Gasteiger partial charge is 0.465 e. The molecule has 0 unspecified atom stereocenters. The third-order valence-electron chi connectivity index (χ3n) is 3.67. The average molecular weight is 351 g/mol. The van der Waals surface area contributed by atoms with Gasteiger partial charge in [0.1, 0.15) is 0 Å². The number of nitrogens with one attached hydrogen (secondary N) is 1. The lowest BCUT2D eigenvalue weighted by atomic mass is 10.1. The SMILES string of the molecule is Nc1cnc2ccc(Br)cc2c1N[C@@H]1CCN(C(=O)O)C1. The van der Waals surface area contributed by atoms with E-state index < -0.39 is 6.09 Å². The van der Waals surface area contributed by atoms with E-state index in [1.54, 1.807) is 6.20 Å². The van der Waals surface area contributed by atoms with E-state index in [4.69, 9.17) is 10.8 Å². The number of amides is 1. The van der Waals surface area contributed by atoms with Crippen molar-refractivity contribution in [2.24, 2.45) is 0 Å². The van der Waals surface area contributed by atoms with E-state index in [1.807, 2.05) is 18.2 Å². The highest BCUT2D eigenvalue weighted by Gasteiger charge is 2.26. The summed E-state index contributed by atoms with van der Waals surface area (Å²) in [4.78, 5) is 16.7. The Morgan fingerprint density at radius 1 is 1.52 bits per heavy atom. The molecule has 6 nitrogen and oxygen atoms in total. The topological polar surface area (TPSA) is 91.5 Å². The maximum Gasteiger partial charge on any atom is 0.407 e. The number of hydrogen-bond acceptors (Lipinski definition) is 4. The highest BCUT2D eigenvalue weighted by Crippen LogP contribution is 2.31. The average Bonchev–Trinajstić information content (AvgIpc) is 2.91. The third kappa shape index (κ3) is 2.73. The standard InChI is InChI=1S/C14H15BrN4O2/c15-8-1-2-12-10(5-8)13(11(16)6-17-12)18-9-3-4-19(7-9)14(20)21/h1-2,5-6,9H,3-4,7,16H2,(H,17,18)(H,20,21)/t9-/m1/s1.